The van der Waals surface area contributed by atoms with E-state index in [4.69, 9.17) is 4.42 Å². The summed E-state index contributed by atoms with van der Waals surface area (Å²) in [6, 6.07) is 84.6. The Morgan fingerprint density at radius 3 is 1.62 bits per heavy atom. The number of benzene rings is 12. The topological polar surface area (TPSA) is 21.3 Å². The van der Waals surface area contributed by atoms with Crippen molar-refractivity contribution in [1.82, 2.24) is 4.48 Å². The molecule has 0 atom stereocenters. The number of hydrogen-bond acceptors (Lipinski definition) is 2. The molecule has 0 amide bonds. The largest absolute Gasteiger partial charge is 0.455 e. The first-order chi connectivity index (χ1) is 36.0. The predicted octanol–water partition coefficient (Wildman–Crippen LogP) is 17.5. The molecular weight excluding hydrogens is 884 g/mol. The summed E-state index contributed by atoms with van der Waals surface area (Å²) in [7, 11) is 0. The van der Waals surface area contributed by atoms with Crippen LogP contribution in [0, 0.1) is 20.8 Å². The van der Waals surface area contributed by atoms with Crippen LogP contribution < -0.4 is 15.8 Å². The van der Waals surface area contributed by atoms with Gasteiger partial charge in [-0.1, -0.05) is 188 Å². The number of furan rings is 1. The molecule has 2 aromatic heterocycles. The highest BCUT2D eigenvalue weighted by Crippen LogP contribution is 2.52. The second-order valence-corrected chi connectivity index (χ2v) is 20.1. The normalized spacial score (nSPS) is 12.5. The van der Waals surface area contributed by atoms with E-state index in [0.29, 0.717) is 0 Å². The third-order valence-corrected chi connectivity index (χ3v) is 16.0. The van der Waals surface area contributed by atoms with Crippen LogP contribution in [0.25, 0.3) is 109 Å². The zero-order valence-electron chi connectivity index (χ0n) is 40.8. The molecule has 16 rings (SSSR count). The Morgan fingerprint density at radius 2 is 0.959 bits per heavy atom. The van der Waals surface area contributed by atoms with Crippen LogP contribution in [0.3, 0.4) is 0 Å². The van der Waals surface area contributed by atoms with E-state index in [1.54, 1.807) is 0 Å². The lowest BCUT2D eigenvalue weighted by Gasteiger charge is -2.41. The summed E-state index contributed by atoms with van der Waals surface area (Å²) >= 11 is 0. The van der Waals surface area contributed by atoms with E-state index >= 15 is 0 Å². The monoisotopic (exact) mass is 930 g/mol. The lowest BCUT2D eigenvalue weighted by Crippen LogP contribution is -2.56. The fourth-order valence-corrected chi connectivity index (χ4v) is 12.7. The summed E-state index contributed by atoms with van der Waals surface area (Å²) in [4.78, 5) is 2.60. The van der Waals surface area contributed by atoms with Gasteiger partial charge in [0.15, 0.2) is 0 Å². The van der Waals surface area contributed by atoms with Gasteiger partial charge >= 0.3 is 6.85 Å². The Bertz CT molecular complexity index is 4530. The maximum absolute atomic E-state index is 7.16. The molecule has 0 spiro atoms. The molecule has 14 aromatic rings. The Balaban J connectivity index is 0.000000627. The molecule has 0 fully saturated rings. The van der Waals surface area contributed by atoms with Crippen molar-refractivity contribution in [1.29, 1.82) is 0 Å². The first kappa shape index (κ1) is 41.6. The van der Waals surface area contributed by atoms with Gasteiger partial charge in [-0.15, -0.1) is 0 Å². The van der Waals surface area contributed by atoms with Gasteiger partial charge in [0.1, 0.15) is 11.2 Å². The van der Waals surface area contributed by atoms with Crippen molar-refractivity contribution in [3.8, 4) is 33.4 Å². The van der Waals surface area contributed by atoms with Gasteiger partial charge in [0, 0.05) is 60.8 Å². The molecule has 342 valence electrons. The molecule has 0 unspecified atom stereocenters. The van der Waals surface area contributed by atoms with Crippen LogP contribution in [0.4, 0.5) is 17.1 Å². The van der Waals surface area contributed by atoms with E-state index in [9.17, 15) is 0 Å². The second-order valence-electron chi connectivity index (χ2n) is 20.1. The minimum atomic E-state index is -0.156. The number of aryl methyl sites for hydroxylation is 3. The maximum Gasteiger partial charge on any atom is 0.333 e. The average Bonchev–Trinajstić information content (AvgIpc) is 4.00. The number of fused-ring (bicyclic) bond motifs is 15. The van der Waals surface area contributed by atoms with Crippen LogP contribution in [0.5, 0.6) is 0 Å². The summed E-state index contributed by atoms with van der Waals surface area (Å²) in [5, 5.41) is 12.5. The predicted molar refractivity (Wildman–Crippen MR) is 311 cm³/mol. The molecule has 3 nitrogen and oxygen atoms in total. The maximum atomic E-state index is 7.16. The zero-order chi connectivity index (χ0) is 48.5. The van der Waals surface area contributed by atoms with Crippen molar-refractivity contribution in [2.75, 3.05) is 4.90 Å². The number of anilines is 3. The average molecular weight is 931 g/mol. The Hall–Kier alpha value is -9.12. The fourth-order valence-electron chi connectivity index (χ4n) is 12.7. The van der Waals surface area contributed by atoms with Crippen LogP contribution in [0.2, 0.25) is 0 Å². The van der Waals surface area contributed by atoms with Crippen molar-refractivity contribution >= 4 is 111 Å². The summed E-state index contributed by atoms with van der Waals surface area (Å²) in [5.74, 6) is 0. The van der Waals surface area contributed by atoms with E-state index in [2.05, 4.69) is 242 Å². The van der Waals surface area contributed by atoms with Crippen LogP contribution in [-0.2, 0) is 0 Å². The minimum absolute atomic E-state index is 0.156. The molecule has 0 saturated heterocycles. The van der Waals surface area contributed by atoms with Crippen LogP contribution in [-0.4, -0.2) is 11.3 Å². The molecule has 4 heterocycles. The van der Waals surface area contributed by atoms with Crippen molar-refractivity contribution in [2.24, 2.45) is 0 Å². The number of nitrogens with zero attached hydrogens (tertiary/aromatic N) is 2. The molecule has 2 aliphatic heterocycles. The molecule has 0 radical (unpaired) electrons. The van der Waals surface area contributed by atoms with Crippen molar-refractivity contribution in [3.05, 3.63) is 247 Å². The van der Waals surface area contributed by atoms with E-state index < -0.39 is 0 Å². The van der Waals surface area contributed by atoms with Crippen LogP contribution in [0.1, 0.15) is 16.7 Å². The molecule has 4 heteroatoms. The number of para-hydroxylation sites is 2. The number of hydrogen-bond donors (Lipinski definition) is 0. The lowest BCUT2D eigenvalue weighted by atomic mass is 9.44. The van der Waals surface area contributed by atoms with Gasteiger partial charge in [0.25, 0.3) is 0 Å². The van der Waals surface area contributed by atoms with E-state index in [0.717, 1.165) is 27.6 Å². The third kappa shape index (κ3) is 6.14. The molecule has 73 heavy (non-hydrogen) atoms. The van der Waals surface area contributed by atoms with E-state index in [-0.39, 0.29) is 6.85 Å². The SMILES string of the molecule is Cc1c2ccccc2c(C)c2cc3c(cc12)B1c2c(cc4c(oc5ccccc54)c2-c2cc4ccccc4c4c5ccccc5n1c24)N3c1cc(-c2ccccc2)cc(-c2ccccc2)c1.Cc1ccccc1. The summed E-state index contributed by atoms with van der Waals surface area (Å²) in [6.07, 6.45) is 0. The molecule has 0 aliphatic carbocycles. The molecule has 12 aromatic carbocycles. The van der Waals surface area contributed by atoms with Crippen LogP contribution in [0.15, 0.2) is 235 Å². The van der Waals surface area contributed by atoms with Crippen molar-refractivity contribution < 1.29 is 4.42 Å². The van der Waals surface area contributed by atoms with Gasteiger partial charge in [-0.2, -0.15) is 0 Å². The molecular formula is C69H47BN2O. The lowest BCUT2D eigenvalue weighted by molar-refractivity contribution is 0.670. The van der Waals surface area contributed by atoms with Gasteiger partial charge in [0.2, 0.25) is 0 Å². The highest BCUT2D eigenvalue weighted by molar-refractivity contribution is 6.90. The molecule has 0 saturated carbocycles. The van der Waals surface area contributed by atoms with Gasteiger partial charge in [-0.3, -0.25) is 0 Å². The third-order valence-electron chi connectivity index (χ3n) is 16.0. The van der Waals surface area contributed by atoms with E-state index in [1.807, 2.05) is 18.2 Å². The highest BCUT2D eigenvalue weighted by Gasteiger charge is 2.45. The smallest absolute Gasteiger partial charge is 0.333 e. The summed E-state index contributed by atoms with van der Waals surface area (Å²) in [5.41, 5.74) is 21.4. The van der Waals surface area contributed by atoms with Gasteiger partial charge in [-0.05, 0) is 146 Å². The highest BCUT2D eigenvalue weighted by atomic mass is 16.3. The number of rotatable bonds is 3. The van der Waals surface area contributed by atoms with Crippen molar-refractivity contribution in [3.63, 3.8) is 0 Å². The summed E-state index contributed by atoms with van der Waals surface area (Å²) < 4.78 is 9.85. The first-order valence-corrected chi connectivity index (χ1v) is 25.4. The Labute approximate surface area is 423 Å². The van der Waals surface area contributed by atoms with Gasteiger partial charge in [0.05, 0.1) is 0 Å². The standard InChI is InChI=1S/C62H39BN2O.C7H8/c1-36-44-22-11-12-23-45(44)37(2)50-34-55-53(33-49(36)50)63-60-56(64(55)43-30-41(38-17-5-3-6-18-38)29-42(31-43)39-19-7-4-8-20-39)35-51-47-25-14-16-28-57(47)66-62(51)59(60)52-32-40-21-9-10-24-46(40)58-48-26-13-15-27-54(48)65(63)61(52)58;1-7-5-3-2-4-6-7/h3-35H,1-2H3;2-6H,1H3. The molecule has 2 aliphatic rings. The van der Waals surface area contributed by atoms with Gasteiger partial charge < -0.3 is 13.8 Å². The van der Waals surface area contributed by atoms with Gasteiger partial charge in [-0.25, -0.2) is 0 Å². The number of aromatic nitrogens is 1. The minimum Gasteiger partial charge on any atom is -0.455 e. The van der Waals surface area contributed by atoms with Crippen molar-refractivity contribution in [2.45, 2.75) is 20.8 Å². The second kappa shape index (κ2) is 15.9. The first-order valence-electron chi connectivity index (χ1n) is 25.4. The van der Waals surface area contributed by atoms with E-state index in [1.165, 1.54) is 126 Å². The fraction of sp³-hybridized carbons (Fsp3) is 0.0435. The quantitative estimate of drug-likeness (QED) is 0.130. The van der Waals surface area contributed by atoms with Crippen LogP contribution >= 0.6 is 0 Å². The summed E-state index contributed by atoms with van der Waals surface area (Å²) in [6.45, 7) is 6.55. The Morgan fingerprint density at radius 1 is 0.411 bits per heavy atom. The molecule has 0 N–H and O–H groups in total. The zero-order valence-corrected chi connectivity index (χ0v) is 40.8. The molecule has 0 bridgehead atoms. The Kier molecular flexibility index (Phi) is 9.10.